The van der Waals surface area contributed by atoms with E-state index >= 15 is 0 Å². The molecule has 0 atom stereocenters. The van der Waals surface area contributed by atoms with Crippen LogP contribution >= 0.6 is 0 Å². The van der Waals surface area contributed by atoms with Crippen LogP contribution in [0.3, 0.4) is 0 Å². The van der Waals surface area contributed by atoms with Crippen LogP contribution in [0.25, 0.3) is 16.9 Å². The SMILES string of the molecule is COc1ccc(S(=O)(=O)Nc2cccc(-c3cn4ccc(C)cc4n3)c2)c(C)c1C. The van der Waals surface area contributed by atoms with E-state index in [1.54, 1.807) is 38.3 Å². The minimum absolute atomic E-state index is 0.231. The molecule has 2 heterocycles. The van der Waals surface area contributed by atoms with E-state index in [0.717, 1.165) is 28.0 Å². The van der Waals surface area contributed by atoms with Crippen LogP contribution in [-0.2, 0) is 10.0 Å². The number of aromatic nitrogens is 2. The average molecular weight is 422 g/mol. The van der Waals surface area contributed by atoms with Crippen molar-refractivity contribution in [1.29, 1.82) is 0 Å². The molecule has 0 radical (unpaired) electrons. The predicted octanol–water partition coefficient (Wildman–Crippen LogP) is 4.74. The second-order valence-electron chi connectivity index (χ2n) is 7.30. The van der Waals surface area contributed by atoms with Crippen LogP contribution in [0, 0.1) is 20.8 Å². The normalized spacial score (nSPS) is 11.6. The summed E-state index contributed by atoms with van der Waals surface area (Å²) in [5.41, 5.74) is 5.53. The number of methoxy groups -OCH3 is 1. The summed E-state index contributed by atoms with van der Waals surface area (Å²) in [7, 11) is -2.18. The zero-order valence-electron chi connectivity index (χ0n) is 17.3. The lowest BCUT2D eigenvalue weighted by atomic mass is 10.1. The number of hydrogen-bond donors (Lipinski definition) is 1. The Labute approximate surface area is 176 Å². The van der Waals surface area contributed by atoms with Gasteiger partial charge in [-0.15, -0.1) is 0 Å². The van der Waals surface area contributed by atoms with Gasteiger partial charge in [0.1, 0.15) is 11.4 Å². The first-order valence-electron chi connectivity index (χ1n) is 9.51. The summed E-state index contributed by atoms with van der Waals surface area (Å²) < 4.78 is 36.0. The second kappa shape index (κ2) is 7.50. The monoisotopic (exact) mass is 421 g/mol. The fourth-order valence-corrected chi connectivity index (χ4v) is 4.81. The van der Waals surface area contributed by atoms with Crippen molar-refractivity contribution in [3.05, 3.63) is 77.6 Å². The van der Waals surface area contributed by atoms with Crippen molar-refractivity contribution in [1.82, 2.24) is 9.38 Å². The summed E-state index contributed by atoms with van der Waals surface area (Å²) in [6.07, 6.45) is 3.89. The first kappa shape index (κ1) is 20.0. The van der Waals surface area contributed by atoms with Crippen LogP contribution < -0.4 is 9.46 Å². The molecule has 0 aliphatic rings. The maximum Gasteiger partial charge on any atom is 0.262 e. The predicted molar refractivity (Wildman–Crippen MR) is 119 cm³/mol. The van der Waals surface area contributed by atoms with Crippen molar-refractivity contribution < 1.29 is 13.2 Å². The number of nitrogens with one attached hydrogen (secondary N) is 1. The average Bonchev–Trinajstić information content (AvgIpc) is 3.13. The highest BCUT2D eigenvalue weighted by Gasteiger charge is 2.20. The molecule has 6 nitrogen and oxygen atoms in total. The van der Waals surface area contributed by atoms with E-state index < -0.39 is 10.0 Å². The van der Waals surface area contributed by atoms with E-state index in [4.69, 9.17) is 4.74 Å². The molecule has 0 spiro atoms. The maximum atomic E-state index is 13.0. The molecule has 2 aromatic carbocycles. The first-order valence-corrected chi connectivity index (χ1v) is 11.0. The molecule has 7 heteroatoms. The van der Waals surface area contributed by atoms with E-state index in [0.29, 0.717) is 17.0 Å². The highest BCUT2D eigenvalue weighted by atomic mass is 32.2. The van der Waals surface area contributed by atoms with Gasteiger partial charge in [-0.05, 0) is 73.9 Å². The number of benzene rings is 2. The van der Waals surface area contributed by atoms with Crippen LogP contribution in [0.4, 0.5) is 5.69 Å². The number of nitrogens with zero attached hydrogens (tertiary/aromatic N) is 2. The Balaban J connectivity index is 1.68. The number of fused-ring (bicyclic) bond motifs is 1. The van der Waals surface area contributed by atoms with Crippen LogP contribution in [0.2, 0.25) is 0 Å². The Hall–Kier alpha value is -3.32. The lowest BCUT2D eigenvalue weighted by molar-refractivity contribution is 0.411. The molecule has 154 valence electrons. The van der Waals surface area contributed by atoms with Gasteiger partial charge in [-0.25, -0.2) is 13.4 Å². The second-order valence-corrected chi connectivity index (χ2v) is 8.95. The molecule has 0 saturated carbocycles. The molecule has 0 amide bonds. The molecule has 4 rings (SSSR count). The molecule has 0 aliphatic heterocycles. The van der Waals surface area contributed by atoms with Crippen molar-refractivity contribution in [2.75, 3.05) is 11.8 Å². The van der Waals surface area contributed by atoms with Gasteiger partial charge in [0, 0.05) is 23.6 Å². The summed E-state index contributed by atoms with van der Waals surface area (Å²) in [5, 5.41) is 0. The fourth-order valence-electron chi connectivity index (χ4n) is 3.46. The van der Waals surface area contributed by atoms with Gasteiger partial charge in [0.25, 0.3) is 10.0 Å². The van der Waals surface area contributed by atoms with E-state index in [9.17, 15) is 8.42 Å². The highest BCUT2D eigenvalue weighted by molar-refractivity contribution is 7.92. The largest absolute Gasteiger partial charge is 0.496 e. The third-order valence-electron chi connectivity index (χ3n) is 5.22. The Morgan fingerprint density at radius 2 is 1.80 bits per heavy atom. The van der Waals surface area contributed by atoms with E-state index in [1.165, 1.54) is 0 Å². The number of imidazole rings is 1. The molecular weight excluding hydrogens is 398 g/mol. The number of aryl methyl sites for hydroxylation is 1. The van der Waals surface area contributed by atoms with Gasteiger partial charge in [0.2, 0.25) is 0 Å². The molecule has 2 aromatic heterocycles. The Morgan fingerprint density at radius 3 is 2.57 bits per heavy atom. The molecule has 30 heavy (non-hydrogen) atoms. The van der Waals surface area contributed by atoms with Crippen molar-refractivity contribution in [3.8, 4) is 17.0 Å². The van der Waals surface area contributed by atoms with Crippen LogP contribution in [0.5, 0.6) is 5.75 Å². The topological polar surface area (TPSA) is 72.7 Å². The van der Waals surface area contributed by atoms with Crippen LogP contribution in [-0.4, -0.2) is 24.9 Å². The molecule has 0 fully saturated rings. The number of pyridine rings is 1. The third-order valence-corrected chi connectivity index (χ3v) is 6.75. The minimum atomic E-state index is -3.75. The van der Waals surface area contributed by atoms with Crippen molar-refractivity contribution >= 4 is 21.4 Å². The van der Waals surface area contributed by atoms with Crippen molar-refractivity contribution in [3.63, 3.8) is 0 Å². The van der Waals surface area contributed by atoms with Crippen molar-refractivity contribution in [2.24, 2.45) is 0 Å². The number of ether oxygens (including phenoxy) is 1. The summed E-state index contributed by atoms with van der Waals surface area (Å²) in [5.74, 6) is 0.663. The molecule has 4 aromatic rings. The van der Waals surface area contributed by atoms with Gasteiger partial charge in [-0.3, -0.25) is 4.72 Å². The first-order chi connectivity index (χ1) is 14.3. The molecule has 0 bridgehead atoms. The smallest absolute Gasteiger partial charge is 0.262 e. The van der Waals surface area contributed by atoms with Crippen LogP contribution in [0.15, 0.2) is 65.8 Å². The fraction of sp³-hybridized carbons (Fsp3) is 0.174. The summed E-state index contributed by atoms with van der Waals surface area (Å²) in [4.78, 5) is 4.89. The summed E-state index contributed by atoms with van der Waals surface area (Å²) >= 11 is 0. The lowest BCUT2D eigenvalue weighted by Crippen LogP contribution is -2.15. The van der Waals surface area contributed by atoms with Gasteiger partial charge in [0.15, 0.2) is 0 Å². The standard InChI is InChI=1S/C23H23N3O3S/c1-15-10-11-26-14-20(24-23(26)12-15)18-6-5-7-19(13-18)25-30(27,28)22-9-8-21(29-4)16(2)17(22)3/h5-14,25H,1-4H3. The van der Waals surface area contributed by atoms with E-state index in [-0.39, 0.29) is 4.90 Å². The van der Waals surface area contributed by atoms with E-state index in [2.05, 4.69) is 9.71 Å². The quantitative estimate of drug-likeness (QED) is 0.505. The van der Waals surface area contributed by atoms with Gasteiger partial charge in [0.05, 0.1) is 17.7 Å². The molecule has 0 unspecified atom stereocenters. The lowest BCUT2D eigenvalue weighted by Gasteiger charge is -2.14. The minimum Gasteiger partial charge on any atom is -0.496 e. The Bertz CT molecular complexity index is 1360. The number of sulfonamides is 1. The number of hydrogen-bond acceptors (Lipinski definition) is 4. The van der Waals surface area contributed by atoms with E-state index in [1.807, 2.05) is 54.9 Å². The molecular formula is C23H23N3O3S. The molecule has 0 aliphatic carbocycles. The molecule has 0 saturated heterocycles. The third kappa shape index (κ3) is 3.64. The number of rotatable bonds is 5. The summed E-state index contributed by atoms with van der Waals surface area (Å²) in [6, 6.07) is 14.5. The van der Waals surface area contributed by atoms with Gasteiger partial charge >= 0.3 is 0 Å². The van der Waals surface area contributed by atoms with Gasteiger partial charge in [-0.2, -0.15) is 0 Å². The Morgan fingerprint density at radius 1 is 1.00 bits per heavy atom. The zero-order chi connectivity index (χ0) is 21.5. The van der Waals surface area contributed by atoms with Gasteiger partial charge in [-0.1, -0.05) is 12.1 Å². The summed E-state index contributed by atoms with van der Waals surface area (Å²) in [6.45, 7) is 5.65. The van der Waals surface area contributed by atoms with Gasteiger partial charge < -0.3 is 9.14 Å². The number of anilines is 1. The highest BCUT2D eigenvalue weighted by Crippen LogP contribution is 2.29. The van der Waals surface area contributed by atoms with Crippen molar-refractivity contribution in [2.45, 2.75) is 25.7 Å². The zero-order valence-corrected chi connectivity index (χ0v) is 18.1. The van der Waals surface area contributed by atoms with Crippen LogP contribution in [0.1, 0.15) is 16.7 Å². The Kier molecular flexibility index (Phi) is 4.99. The maximum absolute atomic E-state index is 13.0. The molecule has 1 N–H and O–H groups in total.